The highest BCUT2D eigenvalue weighted by molar-refractivity contribution is 7.92. The Bertz CT molecular complexity index is 764. The van der Waals surface area contributed by atoms with E-state index in [1.54, 1.807) is 30.3 Å². The summed E-state index contributed by atoms with van der Waals surface area (Å²) in [4.78, 5) is 11.6. The van der Waals surface area contributed by atoms with Crippen LogP contribution in [0.15, 0.2) is 59.5 Å². The fraction of sp³-hybridized carbons (Fsp3) is 0.278. The van der Waals surface area contributed by atoms with Crippen molar-refractivity contribution in [3.05, 3.63) is 65.7 Å². The molecule has 3 rings (SSSR count). The lowest BCUT2D eigenvalue weighted by Crippen LogP contribution is -2.10. The first-order valence-corrected chi connectivity index (χ1v) is 8.97. The lowest BCUT2D eigenvalue weighted by atomic mass is 10.1. The summed E-state index contributed by atoms with van der Waals surface area (Å²) < 4.78 is 25.4. The number of benzene rings is 2. The number of hydrogen-bond donors (Lipinski definition) is 0. The van der Waals surface area contributed by atoms with E-state index in [1.165, 1.54) is 5.56 Å². The van der Waals surface area contributed by atoms with E-state index < -0.39 is 21.0 Å². The SMILES string of the molecule is CCc1ccc([C@@H]2[C@H](C=O)[C@H]2S(=O)(=O)c2ccccc2)cc1. The summed E-state index contributed by atoms with van der Waals surface area (Å²) in [6, 6.07) is 16.3. The molecule has 1 aliphatic carbocycles. The Hall–Kier alpha value is -1.94. The van der Waals surface area contributed by atoms with Crippen LogP contribution >= 0.6 is 0 Å². The molecule has 1 fully saturated rings. The predicted octanol–water partition coefficient (Wildman–Crippen LogP) is 3.00. The number of hydrogen-bond acceptors (Lipinski definition) is 3. The third-order valence-corrected chi connectivity index (χ3v) is 6.62. The maximum Gasteiger partial charge on any atom is 0.182 e. The van der Waals surface area contributed by atoms with Crippen molar-refractivity contribution in [3.8, 4) is 0 Å². The predicted molar refractivity (Wildman–Crippen MR) is 85.5 cm³/mol. The first-order valence-electron chi connectivity index (χ1n) is 7.42. The van der Waals surface area contributed by atoms with Gasteiger partial charge in [-0.05, 0) is 29.7 Å². The van der Waals surface area contributed by atoms with E-state index >= 15 is 0 Å². The summed E-state index contributed by atoms with van der Waals surface area (Å²) in [6.45, 7) is 2.07. The average Bonchev–Trinajstić information content (AvgIpc) is 3.31. The molecule has 1 aliphatic rings. The Labute approximate surface area is 130 Å². The van der Waals surface area contributed by atoms with Crippen molar-refractivity contribution in [2.75, 3.05) is 0 Å². The molecule has 0 heterocycles. The van der Waals surface area contributed by atoms with Crippen molar-refractivity contribution in [1.82, 2.24) is 0 Å². The number of carbonyl (C=O) groups is 1. The number of rotatable bonds is 5. The van der Waals surface area contributed by atoms with Crippen LogP contribution in [0.2, 0.25) is 0 Å². The Morgan fingerprint density at radius 2 is 1.64 bits per heavy atom. The van der Waals surface area contributed by atoms with Gasteiger partial charge in [-0.25, -0.2) is 8.42 Å². The van der Waals surface area contributed by atoms with Crippen molar-refractivity contribution >= 4 is 16.1 Å². The van der Waals surface area contributed by atoms with Gasteiger partial charge in [-0.3, -0.25) is 0 Å². The molecule has 1 saturated carbocycles. The Morgan fingerprint density at radius 3 is 2.18 bits per heavy atom. The van der Waals surface area contributed by atoms with Crippen LogP contribution in [0.3, 0.4) is 0 Å². The highest BCUT2D eigenvalue weighted by Gasteiger charge is 2.58. The van der Waals surface area contributed by atoms with Gasteiger partial charge in [0.05, 0.1) is 10.1 Å². The zero-order valence-electron chi connectivity index (χ0n) is 12.3. The third-order valence-electron chi connectivity index (χ3n) is 4.37. The first-order chi connectivity index (χ1) is 10.6. The molecule has 2 aromatic rings. The molecule has 114 valence electrons. The summed E-state index contributed by atoms with van der Waals surface area (Å²) in [5, 5.41) is -0.639. The van der Waals surface area contributed by atoms with Gasteiger partial charge < -0.3 is 4.79 Å². The molecule has 0 radical (unpaired) electrons. The van der Waals surface area contributed by atoms with Crippen molar-refractivity contribution < 1.29 is 13.2 Å². The fourth-order valence-corrected chi connectivity index (χ4v) is 5.15. The van der Waals surface area contributed by atoms with Crippen LogP contribution in [0.1, 0.15) is 24.0 Å². The van der Waals surface area contributed by atoms with Crippen molar-refractivity contribution in [3.63, 3.8) is 0 Å². The molecule has 0 unspecified atom stereocenters. The average molecular weight is 314 g/mol. The van der Waals surface area contributed by atoms with Crippen LogP contribution in [0.5, 0.6) is 0 Å². The summed E-state index contributed by atoms with van der Waals surface area (Å²) in [5.74, 6) is -0.675. The lowest BCUT2D eigenvalue weighted by Gasteiger charge is -2.04. The molecule has 0 aliphatic heterocycles. The first kappa shape index (κ1) is 15.0. The minimum Gasteiger partial charge on any atom is -0.303 e. The maximum atomic E-state index is 12.7. The van der Waals surface area contributed by atoms with Gasteiger partial charge in [0.15, 0.2) is 9.84 Å². The molecule has 2 aromatic carbocycles. The van der Waals surface area contributed by atoms with Gasteiger partial charge >= 0.3 is 0 Å². The van der Waals surface area contributed by atoms with E-state index in [-0.39, 0.29) is 5.92 Å². The summed E-state index contributed by atoms with van der Waals surface area (Å²) >= 11 is 0. The number of carbonyl (C=O) groups excluding carboxylic acids is 1. The zero-order valence-corrected chi connectivity index (χ0v) is 13.2. The number of aryl methyl sites for hydroxylation is 1. The monoisotopic (exact) mass is 314 g/mol. The normalized spacial score (nSPS) is 24.0. The highest BCUT2D eigenvalue weighted by atomic mass is 32.2. The minimum atomic E-state index is -3.47. The van der Waals surface area contributed by atoms with E-state index in [0.717, 1.165) is 18.3 Å². The second-order valence-corrected chi connectivity index (χ2v) is 7.76. The largest absolute Gasteiger partial charge is 0.303 e. The van der Waals surface area contributed by atoms with Crippen LogP contribution in [0.4, 0.5) is 0 Å². The van der Waals surface area contributed by atoms with Crippen LogP contribution in [0, 0.1) is 5.92 Å². The third kappa shape index (κ3) is 2.48. The smallest absolute Gasteiger partial charge is 0.182 e. The van der Waals surface area contributed by atoms with E-state index in [1.807, 2.05) is 24.3 Å². The van der Waals surface area contributed by atoms with Crippen LogP contribution in [-0.2, 0) is 21.1 Å². The molecule has 4 heteroatoms. The second-order valence-electron chi connectivity index (χ2n) is 5.66. The van der Waals surface area contributed by atoms with Crippen molar-refractivity contribution in [2.45, 2.75) is 29.4 Å². The highest BCUT2D eigenvalue weighted by Crippen LogP contribution is 2.52. The molecule has 3 nitrogen and oxygen atoms in total. The summed E-state index contributed by atoms with van der Waals surface area (Å²) in [7, 11) is -3.47. The van der Waals surface area contributed by atoms with Gasteiger partial charge in [0.25, 0.3) is 0 Å². The lowest BCUT2D eigenvalue weighted by molar-refractivity contribution is -0.108. The van der Waals surface area contributed by atoms with Crippen LogP contribution in [0.25, 0.3) is 0 Å². The molecule has 0 spiro atoms. The van der Waals surface area contributed by atoms with E-state index in [2.05, 4.69) is 6.92 Å². The molecular formula is C18H18O3S. The van der Waals surface area contributed by atoms with Gasteiger partial charge in [-0.2, -0.15) is 0 Å². The molecule has 0 bridgehead atoms. The second kappa shape index (κ2) is 5.69. The van der Waals surface area contributed by atoms with Crippen molar-refractivity contribution in [2.24, 2.45) is 5.92 Å². The number of sulfone groups is 1. The zero-order chi connectivity index (χ0) is 15.7. The quantitative estimate of drug-likeness (QED) is 0.797. The molecule has 0 amide bonds. The van der Waals surface area contributed by atoms with Gasteiger partial charge in [-0.1, -0.05) is 49.4 Å². The van der Waals surface area contributed by atoms with E-state index in [4.69, 9.17) is 0 Å². The topological polar surface area (TPSA) is 51.2 Å². The Morgan fingerprint density at radius 1 is 1.00 bits per heavy atom. The summed E-state index contributed by atoms with van der Waals surface area (Å²) in [5.41, 5.74) is 2.13. The van der Waals surface area contributed by atoms with Crippen LogP contribution in [-0.4, -0.2) is 20.0 Å². The fourth-order valence-electron chi connectivity index (χ4n) is 3.02. The Balaban J connectivity index is 1.93. The van der Waals surface area contributed by atoms with E-state index in [9.17, 15) is 13.2 Å². The van der Waals surface area contributed by atoms with Crippen LogP contribution < -0.4 is 0 Å². The van der Waals surface area contributed by atoms with E-state index in [0.29, 0.717) is 4.90 Å². The van der Waals surface area contributed by atoms with Gasteiger partial charge in [0.1, 0.15) is 6.29 Å². The molecule has 0 aromatic heterocycles. The standard InChI is InChI=1S/C18H18O3S/c1-2-13-8-10-14(11-9-13)17-16(12-19)18(17)22(20,21)15-6-4-3-5-7-15/h3-12,16-18H,2H2,1H3/t16-,17+,18+/m0/s1. The van der Waals surface area contributed by atoms with Gasteiger partial charge in [0.2, 0.25) is 0 Å². The van der Waals surface area contributed by atoms with Gasteiger partial charge in [-0.15, -0.1) is 0 Å². The Kier molecular flexibility index (Phi) is 3.87. The molecule has 0 N–H and O–H groups in total. The minimum absolute atomic E-state index is 0.228. The molecule has 3 atom stereocenters. The van der Waals surface area contributed by atoms with Crippen molar-refractivity contribution in [1.29, 1.82) is 0 Å². The molecule has 0 saturated heterocycles. The molecular weight excluding hydrogens is 296 g/mol. The maximum absolute atomic E-state index is 12.7. The summed E-state index contributed by atoms with van der Waals surface area (Å²) in [6.07, 6.45) is 1.72. The number of aldehydes is 1. The molecule has 22 heavy (non-hydrogen) atoms. The van der Waals surface area contributed by atoms with Gasteiger partial charge in [0, 0.05) is 11.8 Å².